The predicted octanol–water partition coefficient (Wildman–Crippen LogP) is 4.51. The molecule has 0 unspecified atom stereocenters. The third-order valence-electron chi connectivity index (χ3n) is 4.71. The summed E-state index contributed by atoms with van der Waals surface area (Å²) in [5, 5.41) is 1.27. The monoisotopic (exact) mass is 363 g/mol. The van der Waals surface area contributed by atoms with Gasteiger partial charge in [0.2, 0.25) is 0 Å². The summed E-state index contributed by atoms with van der Waals surface area (Å²) in [4.78, 5) is 17.5. The van der Waals surface area contributed by atoms with Crippen LogP contribution < -0.4 is 5.56 Å². The van der Waals surface area contributed by atoms with E-state index in [0.29, 0.717) is 22.6 Å². The van der Waals surface area contributed by atoms with Gasteiger partial charge in [-0.05, 0) is 60.9 Å². The minimum atomic E-state index is -0.0802. The first kappa shape index (κ1) is 16.6. The van der Waals surface area contributed by atoms with Crippen molar-refractivity contribution in [1.82, 2.24) is 14.3 Å². The zero-order valence-electron chi connectivity index (χ0n) is 14.6. The highest BCUT2D eigenvalue weighted by Gasteiger charge is 2.17. The molecular weight excluding hydrogens is 346 g/mol. The van der Waals surface area contributed by atoms with Crippen molar-refractivity contribution in [3.8, 4) is 5.69 Å². The third kappa shape index (κ3) is 2.72. The standard InChI is InChI=1S/C21H18ClN3O/c1-14-9-10-17(12-15(14)2)25-21(26)18-7-5-11-23-20(18)24(25)13-16-6-3-4-8-19(16)22/h3-12H,13H2,1-2H3. The molecule has 0 N–H and O–H groups in total. The molecule has 0 fully saturated rings. The molecule has 0 aliphatic carbocycles. The number of hydrogen-bond acceptors (Lipinski definition) is 2. The molecule has 0 saturated heterocycles. The Bertz CT molecular complexity index is 1170. The molecule has 2 heterocycles. The molecule has 5 heteroatoms. The molecule has 2 aromatic carbocycles. The van der Waals surface area contributed by atoms with Crippen LogP contribution >= 0.6 is 11.6 Å². The molecular formula is C21H18ClN3O. The van der Waals surface area contributed by atoms with Gasteiger partial charge in [-0.2, -0.15) is 0 Å². The summed E-state index contributed by atoms with van der Waals surface area (Å²) in [6, 6.07) is 17.3. The maximum Gasteiger partial charge on any atom is 0.280 e. The number of nitrogens with zero attached hydrogens (tertiary/aromatic N) is 3. The van der Waals surface area contributed by atoms with Crippen molar-refractivity contribution in [2.24, 2.45) is 0 Å². The van der Waals surface area contributed by atoms with Crippen LogP contribution in [-0.2, 0) is 6.54 Å². The number of aromatic nitrogens is 3. The highest BCUT2D eigenvalue weighted by molar-refractivity contribution is 6.31. The minimum absolute atomic E-state index is 0.0802. The number of halogens is 1. The molecule has 26 heavy (non-hydrogen) atoms. The van der Waals surface area contributed by atoms with Gasteiger partial charge in [0.05, 0.1) is 17.6 Å². The molecule has 0 atom stereocenters. The van der Waals surface area contributed by atoms with Crippen molar-refractivity contribution in [1.29, 1.82) is 0 Å². The zero-order valence-corrected chi connectivity index (χ0v) is 15.4. The fourth-order valence-electron chi connectivity index (χ4n) is 3.14. The Labute approximate surface area is 156 Å². The quantitative estimate of drug-likeness (QED) is 0.537. The Morgan fingerprint density at radius 1 is 1.00 bits per heavy atom. The maximum atomic E-state index is 13.1. The van der Waals surface area contributed by atoms with E-state index in [1.54, 1.807) is 16.9 Å². The van der Waals surface area contributed by atoms with Crippen LogP contribution in [0.1, 0.15) is 16.7 Å². The first-order chi connectivity index (χ1) is 12.6. The second-order valence-corrected chi connectivity index (χ2v) is 6.82. The summed E-state index contributed by atoms with van der Waals surface area (Å²) in [5.74, 6) is 0. The lowest BCUT2D eigenvalue weighted by Crippen LogP contribution is -2.22. The van der Waals surface area contributed by atoms with Gasteiger partial charge in [0.25, 0.3) is 5.56 Å². The largest absolute Gasteiger partial charge is 0.280 e. The molecule has 4 nitrogen and oxygen atoms in total. The van der Waals surface area contributed by atoms with Gasteiger partial charge in [0, 0.05) is 11.2 Å². The second kappa shape index (κ2) is 6.46. The van der Waals surface area contributed by atoms with Gasteiger partial charge < -0.3 is 0 Å². The van der Waals surface area contributed by atoms with Gasteiger partial charge in [0.1, 0.15) is 0 Å². The second-order valence-electron chi connectivity index (χ2n) is 6.41. The van der Waals surface area contributed by atoms with Gasteiger partial charge in [-0.25, -0.2) is 9.67 Å². The van der Waals surface area contributed by atoms with Gasteiger partial charge in [-0.15, -0.1) is 0 Å². The molecule has 0 amide bonds. The van der Waals surface area contributed by atoms with Gasteiger partial charge >= 0.3 is 0 Å². The van der Waals surface area contributed by atoms with Crippen molar-refractivity contribution >= 4 is 22.6 Å². The van der Waals surface area contributed by atoms with Crippen molar-refractivity contribution in [3.63, 3.8) is 0 Å². The van der Waals surface area contributed by atoms with Gasteiger partial charge in [-0.3, -0.25) is 9.48 Å². The molecule has 0 aliphatic heterocycles. The van der Waals surface area contributed by atoms with E-state index >= 15 is 0 Å². The van der Waals surface area contributed by atoms with Gasteiger partial charge in [-0.1, -0.05) is 35.9 Å². The lowest BCUT2D eigenvalue weighted by molar-refractivity contribution is 0.607. The van der Waals surface area contributed by atoms with Crippen LogP contribution in [-0.4, -0.2) is 14.3 Å². The highest BCUT2D eigenvalue weighted by Crippen LogP contribution is 2.21. The van der Waals surface area contributed by atoms with Crippen LogP contribution in [0, 0.1) is 13.8 Å². The number of rotatable bonds is 3. The first-order valence-corrected chi connectivity index (χ1v) is 8.81. The van der Waals surface area contributed by atoms with Crippen LogP contribution in [0.4, 0.5) is 0 Å². The third-order valence-corrected chi connectivity index (χ3v) is 5.08. The highest BCUT2D eigenvalue weighted by atomic mass is 35.5. The Kier molecular flexibility index (Phi) is 4.13. The lowest BCUT2D eigenvalue weighted by atomic mass is 10.1. The molecule has 2 aromatic heterocycles. The molecule has 130 valence electrons. The van der Waals surface area contributed by atoms with Crippen LogP contribution in [0.25, 0.3) is 16.7 Å². The van der Waals surface area contributed by atoms with E-state index < -0.39 is 0 Å². The number of fused-ring (bicyclic) bond motifs is 1. The average Bonchev–Trinajstić information content (AvgIpc) is 2.92. The van der Waals surface area contributed by atoms with Crippen LogP contribution in [0.2, 0.25) is 5.02 Å². The Morgan fingerprint density at radius 2 is 1.81 bits per heavy atom. The summed E-state index contributed by atoms with van der Waals surface area (Å²) in [5.41, 5.74) is 4.65. The average molecular weight is 364 g/mol. The van der Waals surface area contributed by atoms with Crippen molar-refractivity contribution in [2.45, 2.75) is 20.4 Å². The van der Waals surface area contributed by atoms with E-state index in [2.05, 4.69) is 11.9 Å². The summed E-state index contributed by atoms with van der Waals surface area (Å²) in [6.45, 7) is 4.56. The Balaban J connectivity index is 2.00. The first-order valence-electron chi connectivity index (χ1n) is 8.44. The van der Waals surface area contributed by atoms with Crippen molar-refractivity contribution < 1.29 is 0 Å². The van der Waals surface area contributed by atoms with E-state index in [0.717, 1.165) is 16.8 Å². The number of benzene rings is 2. The topological polar surface area (TPSA) is 39.8 Å². The van der Waals surface area contributed by atoms with Crippen molar-refractivity contribution in [2.75, 3.05) is 0 Å². The molecule has 0 spiro atoms. The zero-order chi connectivity index (χ0) is 18.3. The molecule has 0 bridgehead atoms. The Morgan fingerprint density at radius 3 is 2.58 bits per heavy atom. The van der Waals surface area contributed by atoms with Crippen molar-refractivity contribution in [3.05, 3.63) is 92.9 Å². The summed E-state index contributed by atoms with van der Waals surface area (Å²) in [7, 11) is 0. The molecule has 4 rings (SSSR count). The molecule has 4 aromatic rings. The smallest absolute Gasteiger partial charge is 0.267 e. The van der Waals surface area contributed by atoms with E-state index in [1.165, 1.54) is 5.56 Å². The summed E-state index contributed by atoms with van der Waals surface area (Å²) in [6.07, 6.45) is 1.70. The van der Waals surface area contributed by atoms with E-state index in [-0.39, 0.29) is 5.56 Å². The van der Waals surface area contributed by atoms with Crippen LogP contribution in [0.5, 0.6) is 0 Å². The minimum Gasteiger partial charge on any atom is -0.267 e. The van der Waals surface area contributed by atoms with Gasteiger partial charge in [0.15, 0.2) is 5.65 Å². The molecule has 0 saturated carbocycles. The van der Waals surface area contributed by atoms with Crippen LogP contribution in [0.3, 0.4) is 0 Å². The summed E-state index contributed by atoms with van der Waals surface area (Å²) < 4.78 is 3.58. The van der Waals surface area contributed by atoms with E-state index in [1.807, 2.05) is 60.1 Å². The number of pyridine rings is 1. The normalized spacial score (nSPS) is 11.2. The maximum absolute atomic E-state index is 13.1. The fourth-order valence-corrected chi connectivity index (χ4v) is 3.33. The van der Waals surface area contributed by atoms with E-state index in [9.17, 15) is 4.79 Å². The fraction of sp³-hybridized carbons (Fsp3) is 0.143. The van der Waals surface area contributed by atoms with Crippen LogP contribution in [0.15, 0.2) is 65.6 Å². The SMILES string of the molecule is Cc1ccc(-n2c(=O)c3cccnc3n2Cc2ccccc2Cl)cc1C. The Hall–Kier alpha value is -2.85. The molecule has 0 aliphatic rings. The number of hydrogen-bond donors (Lipinski definition) is 0. The number of aryl methyl sites for hydroxylation is 2. The predicted molar refractivity (Wildman–Crippen MR) is 105 cm³/mol. The van der Waals surface area contributed by atoms with E-state index in [4.69, 9.17) is 11.6 Å². The summed E-state index contributed by atoms with van der Waals surface area (Å²) >= 11 is 6.36. The molecule has 0 radical (unpaired) electrons. The lowest BCUT2D eigenvalue weighted by Gasteiger charge is -2.14.